The molecule has 0 saturated heterocycles. The van der Waals surface area contributed by atoms with E-state index >= 15 is 0 Å². The molecule has 0 saturated carbocycles. The Morgan fingerprint density at radius 3 is 2.14 bits per heavy atom. The summed E-state index contributed by atoms with van der Waals surface area (Å²) in [5.74, 6) is -0.947. The zero-order chi connectivity index (χ0) is 16.9. The third-order valence-electron chi connectivity index (χ3n) is 3.89. The minimum Gasteiger partial charge on any atom is -0.305 e. The van der Waals surface area contributed by atoms with Crippen molar-refractivity contribution in [1.82, 2.24) is 10.2 Å². The Balaban J connectivity index is 5.33. The van der Waals surface area contributed by atoms with Crippen LogP contribution in [-0.4, -0.2) is 41.6 Å². The average Bonchev–Trinajstić information content (AvgIpc) is 2.38. The van der Waals surface area contributed by atoms with E-state index in [1.165, 1.54) is 0 Å². The Bertz CT molecular complexity index is 376. The van der Waals surface area contributed by atoms with E-state index in [1.54, 1.807) is 13.8 Å². The zero-order valence-electron chi connectivity index (χ0n) is 12.9. The van der Waals surface area contributed by atoms with Gasteiger partial charge in [0.15, 0.2) is 5.66 Å². The Morgan fingerprint density at radius 1 is 1.33 bits per heavy atom. The Hall–Kier alpha value is -1.15. The number of carbonyl (C=O) groups excluding carboxylic acids is 2. The summed E-state index contributed by atoms with van der Waals surface area (Å²) in [7, 11) is 1.02. The lowest BCUT2D eigenvalue weighted by molar-refractivity contribution is -0.199. The molecule has 8 heteroatoms. The first kappa shape index (κ1) is 19.9. The predicted molar refractivity (Wildman–Crippen MR) is 73.2 cm³/mol. The molecule has 21 heavy (non-hydrogen) atoms. The van der Waals surface area contributed by atoms with E-state index in [2.05, 4.69) is 0 Å². The van der Waals surface area contributed by atoms with Gasteiger partial charge in [-0.1, -0.05) is 20.3 Å². The van der Waals surface area contributed by atoms with E-state index in [-0.39, 0.29) is 6.41 Å². The Kier molecular flexibility index (Phi) is 6.82. The topological polar surface area (TPSA) is 75.4 Å². The van der Waals surface area contributed by atoms with Crippen molar-refractivity contribution in [3.63, 3.8) is 0 Å². The van der Waals surface area contributed by atoms with Crippen molar-refractivity contribution in [3.8, 4) is 0 Å². The van der Waals surface area contributed by atoms with Crippen LogP contribution in [0.2, 0.25) is 0 Å². The summed E-state index contributed by atoms with van der Waals surface area (Å²) in [6.07, 6.45) is -3.90. The molecule has 2 atom stereocenters. The molecule has 124 valence electrons. The van der Waals surface area contributed by atoms with Crippen molar-refractivity contribution in [2.75, 3.05) is 7.05 Å². The van der Waals surface area contributed by atoms with Crippen LogP contribution >= 0.6 is 0 Å². The second-order valence-corrected chi connectivity index (χ2v) is 5.37. The number of nitrogens with two attached hydrogens (primary N) is 1. The number of alkyl halides is 3. The van der Waals surface area contributed by atoms with Gasteiger partial charge in [-0.15, -0.1) is 0 Å². The number of amides is 2. The largest absolute Gasteiger partial charge is 0.420 e. The summed E-state index contributed by atoms with van der Waals surface area (Å²) < 4.78 is 38.7. The summed E-state index contributed by atoms with van der Waals surface area (Å²) >= 11 is 0. The molecule has 0 spiro atoms. The highest BCUT2D eigenvalue weighted by Gasteiger charge is 2.53. The fraction of sp³-hybridized carbons (Fsp3) is 0.846. The highest BCUT2D eigenvalue weighted by atomic mass is 19.4. The van der Waals surface area contributed by atoms with E-state index in [1.807, 2.05) is 12.2 Å². The molecule has 0 heterocycles. The molecule has 2 amide bonds. The van der Waals surface area contributed by atoms with E-state index in [4.69, 9.17) is 5.73 Å². The first-order valence-electron chi connectivity index (χ1n) is 6.83. The van der Waals surface area contributed by atoms with Crippen molar-refractivity contribution in [2.24, 2.45) is 5.73 Å². The molecule has 0 bridgehead atoms. The standard InChI is InChI=1S/C13H24F3N3O2/c1-5-7-11(3,6-2)19(9-20)10(21)8-12(17,18-4)13(14,15)16/h9,18H,5-8,17H2,1-4H3. The minimum absolute atomic E-state index is 0.286. The summed E-state index contributed by atoms with van der Waals surface area (Å²) in [4.78, 5) is 24.2. The third-order valence-corrected chi connectivity index (χ3v) is 3.89. The van der Waals surface area contributed by atoms with Gasteiger partial charge >= 0.3 is 6.18 Å². The SMILES string of the molecule is CCCC(C)(CC)N(C=O)C(=O)CC(N)(NC)C(F)(F)F. The molecular weight excluding hydrogens is 287 g/mol. The van der Waals surface area contributed by atoms with Gasteiger partial charge in [-0.25, -0.2) is 0 Å². The van der Waals surface area contributed by atoms with Gasteiger partial charge < -0.3 is 5.73 Å². The second kappa shape index (κ2) is 7.22. The molecule has 0 aliphatic rings. The molecule has 0 rings (SSSR count). The van der Waals surface area contributed by atoms with Gasteiger partial charge in [0, 0.05) is 5.54 Å². The lowest BCUT2D eigenvalue weighted by Gasteiger charge is -2.39. The highest BCUT2D eigenvalue weighted by Crippen LogP contribution is 2.31. The lowest BCUT2D eigenvalue weighted by atomic mass is 9.90. The fourth-order valence-electron chi connectivity index (χ4n) is 2.15. The number of hydrogen-bond donors (Lipinski definition) is 2. The van der Waals surface area contributed by atoms with Crippen LogP contribution in [0, 0.1) is 0 Å². The van der Waals surface area contributed by atoms with Crippen LogP contribution in [0.3, 0.4) is 0 Å². The van der Waals surface area contributed by atoms with E-state index in [0.717, 1.165) is 11.9 Å². The van der Waals surface area contributed by atoms with Crippen LogP contribution in [0.5, 0.6) is 0 Å². The number of nitrogens with one attached hydrogen (secondary N) is 1. The number of halogens is 3. The van der Waals surface area contributed by atoms with Gasteiger partial charge in [0.2, 0.25) is 12.3 Å². The van der Waals surface area contributed by atoms with Crippen molar-refractivity contribution in [3.05, 3.63) is 0 Å². The molecule has 5 nitrogen and oxygen atoms in total. The maximum atomic E-state index is 12.9. The van der Waals surface area contributed by atoms with E-state index in [0.29, 0.717) is 19.3 Å². The lowest BCUT2D eigenvalue weighted by Crippen LogP contribution is -2.65. The Labute approximate surface area is 123 Å². The van der Waals surface area contributed by atoms with Crippen molar-refractivity contribution in [2.45, 2.75) is 63.8 Å². The quantitative estimate of drug-likeness (QED) is 0.529. The Morgan fingerprint density at radius 2 is 1.86 bits per heavy atom. The average molecular weight is 311 g/mol. The first-order chi connectivity index (χ1) is 9.51. The van der Waals surface area contributed by atoms with E-state index in [9.17, 15) is 22.8 Å². The van der Waals surface area contributed by atoms with Crippen LogP contribution < -0.4 is 11.1 Å². The van der Waals surface area contributed by atoms with Gasteiger partial charge in [0.05, 0.1) is 6.42 Å². The van der Waals surface area contributed by atoms with Crippen LogP contribution in [-0.2, 0) is 9.59 Å². The fourth-order valence-corrected chi connectivity index (χ4v) is 2.15. The summed E-state index contributed by atoms with van der Waals surface area (Å²) in [6, 6.07) is 0. The first-order valence-corrected chi connectivity index (χ1v) is 6.83. The second-order valence-electron chi connectivity index (χ2n) is 5.37. The molecule has 0 aliphatic heterocycles. The van der Waals surface area contributed by atoms with Crippen LogP contribution in [0.25, 0.3) is 0 Å². The van der Waals surface area contributed by atoms with Crippen molar-refractivity contribution in [1.29, 1.82) is 0 Å². The van der Waals surface area contributed by atoms with Gasteiger partial charge in [-0.05, 0) is 26.8 Å². The van der Waals surface area contributed by atoms with Crippen LogP contribution in [0.15, 0.2) is 0 Å². The zero-order valence-corrected chi connectivity index (χ0v) is 12.9. The molecule has 2 unspecified atom stereocenters. The van der Waals surface area contributed by atoms with Crippen LogP contribution in [0.4, 0.5) is 13.2 Å². The van der Waals surface area contributed by atoms with Crippen LogP contribution in [0.1, 0.15) is 46.5 Å². The number of rotatable bonds is 8. The molecule has 0 aromatic rings. The normalized spacial score (nSPS) is 17.7. The summed E-state index contributed by atoms with van der Waals surface area (Å²) in [6.45, 7) is 5.32. The smallest absolute Gasteiger partial charge is 0.305 e. The van der Waals surface area contributed by atoms with Gasteiger partial charge in [0.25, 0.3) is 0 Å². The number of carbonyl (C=O) groups is 2. The molecule has 0 aliphatic carbocycles. The number of hydrogen-bond acceptors (Lipinski definition) is 4. The molecular formula is C13H24F3N3O2. The van der Waals surface area contributed by atoms with Gasteiger partial charge in [-0.3, -0.25) is 19.8 Å². The summed E-state index contributed by atoms with van der Waals surface area (Å²) in [5.41, 5.74) is 1.56. The van der Waals surface area contributed by atoms with Crippen molar-refractivity contribution >= 4 is 12.3 Å². The molecule has 0 radical (unpaired) electrons. The molecule has 3 N–H and O–H groups in total. The van der Waals surface area contributed by atoms with Crippen molar-refractivity contribution < 1.29 is 22.8 Å². The van der Waals surface area contributed by atoms with Gasteiger partial charge in [-0.2, -0.15) is 13.2 Å². The maximum absolute atomic E-state index is 12.9. The van der Waals surface area contributed by atoms with E-state index < -0.39 is 29.7 Å². The molecule has 0 aromatic carbocycles. The minimum atomic E-state index is -4.81. The molecule has 0 aromatic heterocycles. The predicted octanol–water partition coefficient (Wildman–Crippen LogP) is 1.77. The maximum Gasteiger partial charge on any atom is 0.420 e. The third kappa shape index (κ3) is 4.41. The highest BCUT2D eigenvalue weighted by molar-refractivity contribution is 5.88. The van der Waals surface area contributed by atoms with Gasteiger partial charge in [0.1, 0.15) is 0 Å². The summed E-state index contributed by atoms with van der Waals surface area (Å²) in [5, 5.41) is 1.92. The number of nitrogens with zero attached hydrogens (tertiary/aromatic N) is 1. The molecule has 0 fully saturated rings. The number of imide groups is 1. The monoisotopic (exact) mass is 311 g/mol.